The average molecular weight is 446 g/mol. The van der Waals surface area contributed by atoms with Gasteiger partial charge in [0.2, 0.25) is 0 Å². The molecule has 4 rings (SSSR count). The molecule has 2 fully saturated rings. The van der Waals surface area contributed by atoms with E-state index in [9.17, 15) is 14.7 Å². The molecule has 164 valence electrons. The first-order valence-corrected chi connectivity index (χ1v) is 10.7. The van der Waals surface area contributed by atoms with E-state index in [1.165, 1.54) is 4.90 Å². The van der Waals surface area contributed by atoms with Crippen molar-refractivity contribution in [2.75, 3.05) is 19.8 Å². The molecule has 3 heterocycles. The van der Waals surface area contributed by atoms with E-state index in [2.05, 4.69) is 0 Å². The molecule has 0 radical (unpaired) electrons. The lowest BCUT2D eigenvalue weighted by molar-refractivity contribution is -0.141. The Kier molecular flexibility index (Phi) is 6.07. The van der Waals surface area contributed by atoms with E-state index >= 15 is 0 Å². The molecule has 7 nitrogen and oxygen atoms in total. The first-order valence-electron chi connectivity index (χ1n) is 10.3. The van der Waals surface area contributed by atoms with Gasteiger partial charge >= 0.3 is 0 Å². The lowest BCUT2D eigenvalue weighted by atomic mass is 9.99. The molecule has 2 aliphatic rings. The van der Waals surface area contributed by atoms with E-state index in [0.717, 1.165) is 12.8 Å². The van der Waals surface area contributed by atoms with Crippen LogP contribution in [0.4, 0.5) is 0 Å². The van der Waals surface area contributed by atoms with Crippen LogP contribution in [0.2, 0.25) is 5.02 Å². The maximum Gasteiger partial charge on any atom is 0.295 e. The van der Waals surface area contributed by atoms with Crippen molar-refractivity contribution in [2.45, 2.75) is 38.8 Å². The Labute approximate surface area is 185 Å². The summed E-state index contributed by atoms with van der Waals surface area (Å²) in [5.41, 5.74) is 0.156. The van der Waals surface area contributed by atoms with Crippen molar-refractivity contribution in [3.63, 3.8) is 0 Å². The van der Waals surface area contributed by atoms with E-state index in [1.54, 1.807) is 37.3 Å². The highest BCUT2D eigenvalue weighted by Crippen LogP contribution is 2.42. The summed E-state index contributed by atoms with van der Waals surface area (Å²) >= 11 is 6.32. The molecule has 1 aromatic carbocycles. The maximum atomic E-state index is 13.1. The number of amides is 1. The lowest BCUT2D eigenvalue weighted by Gasteiger charge is -2.25. The molecular formula is C23H24ClNO6. The Balaban J connectivity index is 1.83. The van der Waals surface area contributed by atoms with Crippen molar-refractivity contribution < 1.29 is 28.6 Å². The molecule has 0 saturated carbocycles. The minimum Gasteiger partial charge on any atom is -0.507 e. The van der Waals surface area contributed by atoms with Gasteiger partial charge in [-0.05, 0) is 57.0 Å². The maximum absolute atomic E-state index is 13.1. The van der Waals surface area contributed by atoms with Crippen LogP contribution in [0, 0.1) is 6.92 Å². The molecule has 1 amide bonds. The summed E-state index contributed by atoms with van der Waals surface area (Å²) in [6.45, 7) is 4.90. The van der Waals surface area contributed by atoms with Gasteiger partial charge in [-0.25, -0.2) is 0 Å². The van der Waals surface area contributed by atoms with Gasteiger partial charge in [-0.3, -0.25) is 9.59 Å². The molecule has 2 saturated heterocycles. The fourth-order valence-electron chi connectivity index (χ4n) is 4.06. The van der Waals surface area contributed by atoms with Crippen LogP contribution in [-0.4, -0.2) is 47.6 Å². The van der Waals surface area contributed by atoms with Crippen LogP contribution in [0.3, 0.4) is 0 Å². The molecule has 0 aliphatic carbocycles. The summed E-state index contributed by atoms with van der Waals surface area (Å²) in [5.74, 6) is -0.325. The van der Waals surface area contributed by atoms with Crippen molar-refractivity contribution in [3.8, 4) is 5.75 Å². The van der Waals surface area contributed by atoms with Crippen LogP contribution in [0.5, 0.6) is 5.75 Å². The topological polar surface area (TPSA) is 89.2 Å². The summed E-state index contributed by atoms with van der Waals surface area (Å²) in [5, 5.41) is 11.4. The van der Waals surface area contributed by atoms with Crippen LogP contribution in [0.15, 0.2) is 40.3 Å². The standard InChI is InChI=1S/C23H24ClNO6/c1-3-29-14-7-8-17(24)16(11-14)21(26)19-20(18-9-6-13(2)31-18)25(23(28)22(19)27)12-15-5-4-10-30-15/h6-9,11,15,20,26H,3-5,10,12H2,1-2H3/b21-19+. The monoisotopic (exact) mass is 445 g/mol. The SMILES string of the molecule is CCOc1ccc(Cl)c(/C(O)=C2\C(=O)C(=O)N(CC3CCCO3)C2c2ccc(C)o2)c1. The minimum absolute atomic E-state index is 0.0621. The number of benzene rings is 1. The number of Topliss-reactive ketones (excluding diaryl/α,β-unsaturated/α-hetero) is 1. The van der Waals surface area contributed by atoms with Crippen molar-refractivity contribution in [2.24, 2.45) is 0 Å². The van der Waals surface area contributed by atoms with Gasteiger partial charge in [-0.15, -0.1) is 0 Å². The van der Waals surface area contributed by atoms with E-state index in [1.807, 2.05) is 6.92 Å². The molecule has 2 aliphatic heterocycles. The molecule has 0 bridgehead atoms. The number of ether oxygens (including phenoxy) is 2. The predicted molar refractivity (Wildman–Crippen MR) is 114 cm³/mol. The van der Waals surface area contributed by atoms with Crippen molar-refractivity contribution >= 4 is 29.1 Å². The highest BCUT2D eigenvalue weighted by molar-refractivity contribution is 6.47. The van der Waals surface area contributed by atoms with Crippen LogP contribution < -0.4 is 4.74 Å². The fraction of sp³-hybridized carbons (Fsp3) is 0.391. The number of furan rings is 1. The lowest BCUT2D eigenvalue weighted by Crippen LogP contribution is -2.36. The summed E-state index contributed by atoms with van der Waals surface area (Å²) in [7, 11) is 0. The van der Waals surface area contributed by atoms with E-state index in [-0.39, 0.29) is 34.6 Å². The third kappa shape index (κ3) is 4.07. The zero-order chi connectivity index (χ0) is 22.1. The summed E-state index contributed by atoms with van der Waals surface area (Å²) < 4.78 is 17.0. The van der Waals surface area contributed by atoms with Crippen molar-refractivity contribution in [1.29, 1.82) is 0 Å². The van der Waals surface area contributed by atoms with Gasteiger partial charge in [-0.2, -0.15) is 0 Å². The molecule has 2 atom stereocenters. The van der Waals surface area contributed by atoms with Crippen LogP contribution >= 0.6 is 11.6 Å². The van der Waals surface area contributed by atoms with Gasteiger partial charge in [0, 0.05) is 18.7 Å². The number of aliphatic hydroxyl groups excluding tert-OH is 1. The van der Waals surface area contributed by atoms with Crippen molar-refractivity contribution in [3.05, 3.63) is 58.0 Å². The largest absolute Gasteiger partial charge is 0.507 e. The zero-order valence-electron chi connectivity index (χ0n) is 17.4. The van der Waals surface area contributed by atoms with Gasteiger partial charge in [0.1, 0.15) is 29.1 Å². The molecule has 8 heteroatoms. The Hall–Kier alpha value is -2.77. The number of carbonyl (C=O) groups is 2. The third-order valence-electron chi connectivity index (χ3n) is 5.50. The summed E-state index contributed by atoms with van der Waals surface area (Å²) in [6, 6.07) is 7.40. The van der Waals surface area contributed by atoms with E-state index in [0.29, 0.717) is 30.5 Å². The highest BCUT2D eigenvalue weighted by atomic mass is 35.5. The summed E-state index contributed by atoms with van der Waals surface area (Å²) in [4.78, 5) is 27.4. The highest BCUT2D eigenvalue weighted by Gasteiger charge is 2.48. The van der Waals surface area contributed by atoms with Gasteiger partial charge in [0.15, 0.2) is 0 Å². The van der Waals surface area contributed by atoms with Crippen LogP contribution in [0.1, 0.15) is 42.9 Å². The molecule has 2 unspecified atom stereocenters. The van der Waals surface area contributed by atoms with Gasteiger partial charge in [0.05, 0.1) is 23.3 Å². The number of halogens is 1. The van der Waals surface area contributed by atoms with Crippen molar-refractivity contribution in [1.82, 2.24) is 4.90 Å². The Bertz CT molecular complexity index is 1040. The first kappa shape index (κ1) is 21.5. The molecular weight excluding hydrogens is 422 g/mol. The number of hydrogen-bond donors (Lipinski definition) is 1. The average Bonchev–Trinajstić information content (AvgIpc) is 3.46. The number of aryl methyl sites for hydroxylation is 1. The van der Waals surface area contributed by atoms with Gasteiger partial charge in [0.25, 0.3) is 11.7 Å². The number of rotatable bonds is 6. The molecule has 2 aromatic rings. The number of aliphatic hydroxyl groups is 1. The second-order valence-electron chi connectivity index (χ2n) is 7.61. The molecule has 31 heavy (non-hydrogen) atoms. The second kappa shape index (κ2) is 8.77. The first-order chi connectivity index (χ1) is 14.9. The second-order valence-corrected chi connectivity index (χ2v) is 8.02. The summed E-state index contributed by atoms with van der Waals surface area (Å²) in [6.07, 6.45) is 1.54. The quantitative estimate of drug-likeness (QED) is 0.406. The predicted octanol–water partition coefficient (Wildman–Crippen LogP) is 4.24. The molecule has 1 aromatic heterocycles. The van der Waals surface area contributed by atoms with E-state index in [4.69, 9.17) is 25.5 Å². The Morgan fingerprint density at radius 2 is 2.10 bits per heavy atom. The van der Waals surface area contributed by atoms with Crippen LogP contribution in [0.25, 0.3) is 5.76 Å². The van der Waals surface area contributed by atoms with Crippen LogP contribution in [-0.2, 0) is 14.3 Å². The smallest absolute Gasteiger partial charge is 0.295 e. The zero-order valence-corrected chi connectivity index (χ0v) is 18.1. The molecule has 1 N–H and O–H groups in total. The van der Waals surface area contributed by atoms with Gasteiger partial charge < -0.3 is 23.9 Å². The van der Waals surface area contributed by atoms with E-state index < -0.39 is 17.7 Å². The normalized spacial score (nSPS) is 23.0. The minimum atomic E-state index is -0.871. The Morgan fingerprint density at radius 3 is 2.74 bits per heavy atom. The number of likely N-dealkylation sites (tertiary alicyclic amines) is 1. The number of nitrogens with zero attached hydrogens (tertiary/aromatic N) is 1. The third-order valence-corrected chi connectivity index (χ3v) is 5.83. The number of ketones is 1. The Morgan fingerprint density at radius 1 is 1.29 bits per heavy atom. The molecule has 0 spiro atoms. The number of carbonyl (C=O) groups excluding carboxylic acids is 2. The van der Waals surface area contributed by atoms with Gasteiger partial charge in [-0.1, -0.05) is 11.6 Å². The number of hydrogen-bond acceptors (Lipinski definition) is 6. The fourth-order valence-corrected chi connectivity index (χ4v) is 4.27.